The average molecular weight is 254 g/mol. The van der Waals surface area contributed by atoms with Gasteiger partial charge in [-0.15, -0.1) is 0 Å². The maximum Gasteiger partial charge on any atom is 0.128 e. The molecule has 1 fully saturated rings. The smallest absolute Gasteiger partial charge is 0.128 e. The summed E-state index contributed by atoms with van der Waals surface area (Å²) in [4.78, 5) is 0. The minimum Gasteiger partial charge on any atom is -0.271 e. The summed E-state index contributed by atoms with van der Waals surface area (Å²) in [6, 6.07) is 3.25. The SMILES string of the molecule is CC1CCCC(C(NN)c2cc(F)ccc2F)C1. The zero-order chi connectivity index (χ0) is 13.1. The van der Waals surface area contributed by atoms with E-state index in [1.54, 1.807) is 0 Å². The van der Waals surface area contributed by atoms with Gasteiger partial charge in [0.2, 0.25) is 0 Å². The lowest BCUT2D eigenvalue weighted by Crippen LogP contribution is -2.36. The van der Waals surface area contributed by atoms with Crippen LogP contribution < -0.4 is 11.3 Å². The van der Waals surface area contributed by atoms with Crippen LogP contribution >= 0.6 is 0 Å². The molecule has 0 heterocycles. The number of hydrogen-bond acceptors (Lipinski definition) is 2. The van der Waals surface area contributed by atoms with Crippen molar-refractivity contribution in [2.75, 3.05) is 0 Å². The molecule has 2 rings (SSSR count). The molecule has 2 nitrogen and oxygen atoms in total. The number of halogens is 2. The Morgan fingerprint density at radius 3 is 2.78 bits per heavy atom. The van der Waals surface area contributed by atoms with Crippen LogP contribution in [0.5, 0.6) is 0 Å². The highest BCUT2D eigenvalue weighted by Gasteiger charge is 2.29. The van der Waals surface area contributed by atoms with Crippen LogP contribution in [0.3, 0.4) is 0 Å². The van der Waals surface area contributed by atoms with Crippen molar-refractivity contribution in [2.24, 2.45) is 17.7 Å². The summed E-state index contributed by atoms with van der Waals surface area (Å²) in [6.45, 7) is 2.20. The molecule has 18 heavy (non-hydrogen) atoms. The Bertz CT molecular complexity index is 409. The Morgan fingerprint density at radius 1 is 1.33 bits per heavy atom. The highest BCUT2D eigenvalue weighted by Crippen LogP contribution is 2.37. The van der Waals surface area contributed by atoms with Crippen molar-refractivity contribution in [3.05, 3.63) is 35.4 Å². The molecule has 3 atom stereocenters. The largest absolute Gasteiger partial charge is 0.271 e. The maximum absolute atomic E-state index is 13.8. The van der Waals surface area contributed by atoms with Gasteiger partial charge in [0.05, 0.1) is 6.04 Å². The molecule has 3 N–H and O–H groups in total. The molecular weight excluding hydrogens is 234 g/mol. The van der Waals surface area contributed by atoms with Crippen molar-refractivity contribution in [1.82, 2.24) is 5.43 Å². The molecule has 0 bridgehead atoms. The van der Waals surface area contributed by atoms with E-state index in [9.17, 15) is 8.78 Å². The molecule has 3 unspecified atom stereocenters. The lowest BCUT2D eigenvalue weighted by atomic mass is 9.77. The van der Waals surface area contributed by atoms with Gasteiger partial charge in [0, 0.05) is 5.56 Å². The molecular formula is C14H20F2N2. The molecule has 4 heteroatoms. The summed E-state index contributed by atoms with van der Waals surface area (Å²) >= 11 is 0. The minimum atomic E-state index is -0.421. The van der Waals surface area contributed by atoms with E-state index >= 15 is 0 Å². The van der Waals surface area contributed by atoms with E-state index in [0.29, 0.717) is 11.5 Å². The van der Waals surface area contributed by atoms with Crippen LogP contribution in [0.2, 0.25) is 0 Å². The molecule has 1 aromatic carbocycles. The Kier molecular flexibility index (Phi) is 4.30. The van der Waals surface area contributed by atoms with Crippen LogP contribution in [0.15, 0.2) is 18.2 Å². The molecule has 0 aromatic heterocycles. The minimum absolute atomic E-state index is 0.273. The first kappa shape index (κ1) is 13.4. The number of hydrogen-bond donors (Lipinski definition) is 2. The van der Waals surface area contributed by atoms with E-state index in [0.717, 1.165) is 25.3 Å². The van der Waals surface area contributed by atoms with Gasteiger partial charge in [0.15, 0.2) is 0 Å². The molecule has 0 saturated heterocycles. The average Bonchev–Trinajstić information content (AvgIpc) is 2.35. The summed E-state index contributed by atoms with van der Waals surface area (Å²) in [6.07, 6.45) is 4.35. The van der Waals surface area contributed by atoms with Gasteiger partial charge in [-0.1, -0.05) is 19.8 Å². The lowest BCUT2D eigenvalue weighted by molar-refractivity contribution is 0.221. The molecule has 0 spiro atoms. The highest BCUT2D eigenvalue weighted by molar-refractivity contribution is 5.23. The summed E-state index contributed by atoms with van der Waals surface area (Å²) < 4.78 is 27.0. The summed E-state index contributed by atoms with van der Waals surface area (Å²) in [5, 5.41) is 0. The van der Waals surface area contributed by atoms with E-state index < -0.39 is 11.6 Å². The van der Waals surface area contributed by atoms with Crippen LogP contribution in [0.4, 0.5) is 8.78 Å². The van der Waals surface area contributed by atoms with Gasteiger partial charge in [0.25, 0.3) is 0 Å². The second kappa shape index (κ2) is 5.76. The van der Waals surface area contributed by atoms with Gasteiger partial charge in [-0.25, -0.2) is 8.78 Å². The van der Waals surface area contributed by atoms with Crippen molar-refractivity contribution in [2.45, 2.75) is 38.6 Å². The standard InChI is InChI=1S/C14H20F2N2/c1-9-3-2-4-10(7-9)14(18-17)12-8-11(15)5-6-13(12)16/h5-6,8-10,14,18H,2-4,7,17H2,1H3. The predicted molar refractivity (Wildman–Crippen MR) is 67.5 cm³/mol. The molecule has 1 saturated carbocycles. The third-order valence-corrected chi connectivity index (χ3v) is 3.92. The second-order valence-corrected chi connectivity index (χ2v) is 5.34. The summed E-state index contributed by atoms with van der Waals surface area (Å²) in [5.74, 6) is 5.64. The Hall–Kier alpha value is -1.00. The zero-order valence-corrected chi connectivity index (χ0v) is 10.6. The fraction of sp³-hybridized carbons (Fsp3) is 0.571. The van der Waals surface area contributed by atoms with Gasteiger partial charge >= 0.3 is 0 Å². The van der Waals surface area contributed by atoms with Crippen molar-refractivity contribution in [1.29, 1.82) is 0 Å². The van der Waals surface area contributed by atoms with Gasteiger partial charge in [0.1, 0.15) is 11.6 Å². The third kappa shape index (κ3) is 2.87. The monoisotopic (exact) mass is 254 g/mol. The number of rotatable bonds is 3. The third-order valence-electron chi connectivity index (χ3n) is 3.92. The number of nitrogens with one attached hydrogen (secondary N) is 1. The van der Waals surface area contributed by atoms with Crippen LogP contribution in [0, 0.1) is 23.5 Å². The van der Waals surface area contributed by atoms with E-state index in [-0.39, 0.29) is 12.0 Å². The van der Waals surface area contributed by atoms with Crippen LogP contribution in [0.25, 0.3) is 0 Å². The molecule has 1 aliphatic rings. The Labute approximate surface area is 107 Å². The highest BCUT2D eigenvalue weighted by atomic mass is 19.1. The summed E-state index contributed by atoms with van der Waals surface area (Å²) in [5.41, 5.74) is 3.01. The first-order chi connectivity index (χ1) is 8.61. The van der Waals surface area contributed by atoms with Crippen LogP contribution in [0.1, 0.15) is 44.2 Å². The fourth-order valence-corrected chi connectivity index (χ4v) is 3.02. The zero-order valence-electron chi connectivity index (χ0n) is 10.6. The molecule has 1 aromatic rings. The lowest BCUT2D eigenvalue weighted by Gasteiger charge is -2.33. The van der Waals surface area contributed by atoms with E-state index in [1.165, 1.54) is 18.6 Å². The number of nitrogens with two attached hydrogens (primary N) is 1. The van der Waals surface area contributed by atoms with Gasteiger partial charge in [-0.2, -0.15) is 0 Å². The molecule has 0 radical (unpaired) electrons. The number of hydrazine groups is 1. The molecule has 1 aliphatic carbocycles. The van der Waals surface area contributed by atoms with Crippen molar-refractivity contribution < 1.29 is 8.78 Å². The van der Waals surface area contributed by atoms with Crippen LogP contribution in [-0.2, 0) is 0 Å². The number of benzene rings is 1. The van der Waals surface area contributed by atoms with E-state index in [2.05, 4.69) is 12.3 Å². The summed E-state index contributed by atoms with van der Waals surface area (Å²) in [7, 11) is 0. The van der Waals surface area contributed by atoms with Gasteiger partial charge < -0.3 is 0 Å². The van der Waals surface area contributed by atoms with Gasteiger partial charge in [-0.05, 0) is 42.9 Å². The van der Waals surface area contributed by atoms with E-state index in [1.807, 2.05) is 0 Å². The predicted octanol–water partition coefficient (Wildman–Crippen LogP) is 3.30. The van der Waals surface area contributed by atoms with E-state index in [4.69, 9.17) is 5.84 Å². The Balaban J connectivity index is 2.24. The van der Waals surface area contributed by atoms with Crippen LogP contribution in [-0.4, -0.2) is 0 Å². The van der Waals surface area contributed by atoms with Crippen molar-refractivity contribution >= 4 is 0 Å². The molecule has 100 valence electrons. The molecule has 0 aliphatic heterocycles. The fourth-order valence-electron chi connectivity index (χ4n) is 3.02. The molecule has 0 amide bonds. The first-order valence-corrected chi connectivity index (χ1v) is 6.53. The normalized spacial score (nSPS) is 26.0. The maximum atomic E-state index is 13.8. The quantitative estimate of drug-likeness (QED) is 0.641. The Morgan fingerprint density at radius 2 is 2.11 bits per heavy atom. The topological polar surface area (TPSA) is 38.0 Å². The second-order valence-electron chi connectivity index (χ2n) is 5.34. The van der Waals surface area contributed by atoms with Crippen molar-refractivity contribution in [3.8, 4) is 0 Å². The van der Waals surface area contributed by atoms with Gasteiger partial charge in [-0.3, -0.25) is 11.3 Å². The van der Waals surface area contributed by atoms with Crippen molar-refractivity contribution in [3.63, 3.8) is 0 Å². The first-order valence-electron chi connectivity index (χ1n) is 6.53.